The lowest BCUT2D eigenvalue weighted by molar-refractivity contribution is 0.144. The van der Waals surface area contributed by atoms with Gasteiger partial charge in [-0.25, -0.2) is 4.98 Å². The van der Waals surface area contributed by atoms with Gasteiger partial charge in [0.1, 0.15) is 5.82 Å². The summed E-state index contributed by atoms with van der Waals surface area (Å²) in [5, 5.41) is 14.2. The molecule has 2 saturated carbocycles. The largest absolute Gasteiger partial charge is 0.394 e. The first-order chi connectivity index (χ1) is 15.0. The van der Waals surface area contributed by atoms with Gasteiger partial charge in [0.05, 0.1) is 44.2 Å². The maximum atomic E-state index is 12.7. The molecule has 6 nitrogen and oxygen atoms in total. The minimum atomic E-state index is -1.01. The summed E-state index contributed by atoms with van der Waals surface area (Å²) >= 11 is 6.02. The fraction of sp³-hybridized carbons (Fsp3) is 0.565. The minimum Gasteiger partial charge on any atom is -0.394 e. The number of hydrogen-bond donors (Lipinski definition) is 2. The fourth-order valence-corrected chi connectivity index (χ4v) is 7.40. The zero-order chi connectivity index (χ0) is 21.2. The van der Waals surface area contributed by atoms with E-state index in [-0.39, 0.29) is 12.1 Å². The Morgan fingerprint density at radius 2 is 2.19 bits per heavy atom. The summed E-state index contributed by atoms with van der Waals surface area (Å²) in [7, 11) is -1.01. The third kappa shape index (κ3) is 3.28. The zero-order valence-corrected chi connectivity index (χ0v) is 19.0. The Bertz CT molecular complexity index is 1040. The average molecular weight is 459 g/mol. The first-order valence-electron chi connectivity index (χ1n) is 11.2. The summed E-state index contributed by atoms with van der Waals surface area (Å²) in [5.74, 6) is 2.67. The van der Waals surface area contributed by atoms with Crippen LogP contribution in [0.4, 0.5) is 11.5 Å². The van der Waals surface area contributed by atoms with Gasteiger partial charge in [-0.15, -0.1) is 0 Å². The lowest BCUT2D eigenvalue weighted by Gasteiger charge is -2.42. The molecule has 164 valence electrons. The Morgan fingerprint density at radius 3 is 2.84 bits per heavy atom. The van der Waals surface area contributed by atoms with E-state index in [0.29, 0.717) is 28.7 Å². The number of aliphatic hydroxyl groups is 1. The number of aryl methyl sites for hydroxylation is 1. The van der Waals surface area contributed by atoms with Crippen LogP contribution in [-0.2, 0) is 17.2 Å². The molecule has 4 aliphatic rings. The van der Waals surface area contributed by atoms with Gasteiger partial charge in [-0.3, -0.25) is 9.19 Å². The van der Waals surface area contributed by atoms with Crippen molar-refractivity contribution in [1.29, 1.82) is 0 Å². The van der Waals surface area contributed by atoms with E-state index in [4.69, 9.17) is 16.6 Å². The average Bonchev–Trinajstić information content (AvgIpc) is 3.45. The van der Waals surface area contributed by atoms with E-state index in [2.05, 4.69) is 27.3 Å². The molecular formula is C23H27ClN4O2S. The van der Waals surface area contributed by atoms with Crippen molar-refractivity contribution < 1.29 is 9.32 Å². The van der Waals surface area contributed by atoms with E-state index in [1.54, 1.807) is 6.20 Å². The second-order valence-electron chi connectivity index (χ2n) is 9.57. The van der Waals surface area contributed by atoms with Crippen molar-refractivity contribution in [2.24, 2.45) is 5.92 Å². The number of aromatic nitrogens is 2. The number of nitrogens with one attached hydrogen (secondary N) is 1. The third-order valence-electron chi connectivity index (χ3n) is 7.76. The molecule has 3 unspecified atom stereocenters. The van der Waals surface area contributed by atoms with Crippen LogP contribution in [0.5, 0.6) is 0 Å². The van der Waals surface area contributed by atoms with Gasteiger partial charge in [0.25, 0.3) is 0 Å². The molecule has 1 saturated heterocycles. The predicted octanol–water partition coefficient (Wildman–Crippen LogP) is 3.50. The van der Waals surface area contributed by atoms with Crippen LogP contribution in [0, 0.1) is 5.92 Å². The molecule has 3 fully saturated rings. The number of piperidine rings is 1. The zero-order valence-electron chi connectivity index (χ0n) is 17.4. The van der Waals surface area contributed by atoms with Gasteiger partial charge in [-0.05, 0) is 50.2 Å². The van der Waals surface area contributed by atoms with Gasteiger partial charge >= 0.3 is 0 Å². The molecule has 0 amide bonds. The molecule has 2 N–H and O–H groups in total. The summed E-state index contributed by atoms with van der Waals surface area (Å²) in [6.45, 7) is 1.08. The topological polar surface area (TPSA) is 78.4 Å². The molecule has 31 heavy (non-hydrogen) atoms. The maximum absolute atomic E-state index is 12.7. The molecule has 0 spiro atoms. The number of pyridine rings is 2. The Labute approximate surface area is 189 Å². The molecule has 0 radical (unpaired) electrons. The van der Waals surface area contributed by atoms with Crippen LogP contribution in [0.2, 0.25) is 5.02 Å². The lowest BCUT2D eigenvalue weighted by Crippen LogP contribution is -2.48. The second kappa shape index (κ2) is 7.42. The quantitative estimate of drug-likeness (QED) is 0.714. The highest BCUT2D eigenvalue weighted by Crippen LogP contribution is 2.49. The Morgan fingerprint density at radius 1 is 1.32 bits per heavy atom. The van der Waals surface area contributed by atoms with E-state index in [9.17, 15) is 9.32 Å². The fourth-order valence-electron chi connectivity index (χ4n) is 5.94. The van der Waals surface area contributed by atoms with E-state index in [1.807, 2.05) is 6.07 Å². The summed E-state index contributed by atoms with van der Waals surface area (Å²) in [6, 6.07) is 6.54. The van der Waals surface area contributed by atoms with Crippen LogP contribution in [0.15, 0.2) is 29.3 Å². The molecule has 2 aliphatic carbocycles. The van der Waals surface area contributed by atoms with Crippen molar-refractivity contribution in [3.63, 3.8) is 0 Å². The number of aliphatic hydroxyl groups excluding tert-OH is 1. The van der Waals surface area contributed by atoms with Crippen LogP contribution >= 0.6 is 11.6 Å². The molecule has 4 heterocycles. The van der Waals surface area contributed by atoms with Crippen molar-refractivity contribution in [3.8, 4) is 0 Å². The van der Waals surface area contributed by atoms with Crippen molar-refractivity contribution >= 4 is 33.9 Å². The van der Waals surface area contributed by atoms with Gasteiger partial charge in [0.15, 0.2) is 0 Å². The summed E-state index contributed by atoms with van der Waals surface area (Å²) in [5.41, 5.74) is 2.76. The SMILES string of the molecule is O=[S@@]1CCc2nc(N3CC4CC3CC4c3ccc(Cl)cn3)cc(NC3(CO)CCC3)c21. The van der Waals surface area contributed by atoms with Crippen molar-refractivity contribution in [1.82, 2.24) is 9.97 Å². The molecular weight excluding hydrogens is 432 g/mol. The monoisotopic (exact) mass is 458 g/mol. The lowest BCUT2D eigenvalue weighted by atomic mass is 9.77. The van der Waals surface area contributed by atoms with Gasteiger partial charge in [0.2, 0.25) is 0 Å². The first-order valence-corrected chi connectivity index (χ1v) is 12.9. The Kier molecular flexibility index (Phi) is 4.78. The van der Waals surface area contributed by atoms with E-state index >= 15 is 0 Å². The molecule has 2 bridgehead atoms. The van der Waals surface area contributed by atoms with Crippen molar-refractivity contribution in [2.45, 2.75) is 60.9 Å². The standard InChI is InChI=1S/C23H27ClN4O2S/c24-15-2-3-18(25-11-15)17-9-16-8-14(17)12-28(16)21-10-20(27-23(13-29)5-1-6-23)22-19(26-21)4-7-31(22)30/h2-3,10-11,14,16-17,29H,1,4-9,12-13H2,(H,26,27)/t14?,16?,17?,31-/m1/s1. The van der Waals surface area contributed by atoms with Gasteiger partial charge < -0.3 is 15.3 Å². The highest BCUT2D eigenvalue weighted by atomic mass is 35.5. The summed E-state index contributed by atoms with van der Waals surface area (Å²) in [4.78, 5) is 12.8. The number of rotatable bonds is 5. The molecule has 0 aromatic carbocycles. The number of nitrogens with zero attached hydrogens (tertiary/aromatic N) is 3. The number of halogens is 1. The van der Waals surface area contributed by atoms with Crippen LogP contribution in [0.25, 0.3) is 0 Å². The van der Waals surface area contributed by atoms with Crippen LogP contribution in [0.3, 0.4) is 0 Å². The van der Waals surface area contributed by atoms with E-state index in [0.717, 1.165) is 72.9 Å². The van der Waals surface area contributed by atoms with Crippen molar-refractivity contribution in [2.75, 3.05) is 29.1 Å². The van der Waals surface area contributed by atoms with Crippen LogP contribution < -0.4 is 10.2 Å². The minimum absolute atomic E-state index is 0.107. The second-order valence-corrected chi connectivity index (χ2v) is 11.5. The molecule has 2 aromatic heterocycles. The smallest absolute Gasteiger partial charge is 0.131 e. The van der Waals surface area contributed by atoms with E-state index < -0.39 is 10.8 Å². The third-order valence-corrected chi connectivity index (χ3v) is 9.47. The van der Waals surface area contributed by atoms with Crippen LogP contribution in [0.1, 0.15) is 49.4 Å². The predicted molar refractivity (Wildman–Crippen MR) is 122 cm³/mol. The first kappa shape index (κ1) is 19.9. The van der Waals surface area contributed by atoms with Gasteiger partial charge in [-0.1, -0.05) is 11.6 Å². The Hall–Kier alpha value is -1.70. The Balaban J connectivity index is 1.28. The number of fused-ring (bicyclic) bond motifs is 3. The van der Waals surface area contributed by atoms with Gasteiger partial charge in [0, 0.05) is 48.6 Å². The van der Waals surface area contributed by atoms with Gasteiger partial charge in [-0.2, -0.15) is 0 Å². The van der Waals surface area contributed by atoms with Crippen molar-refractivity contribution in [3.05, 3.63) is 40.8 Å². The highest BCUT2D eigenvalue weighted by molar-refractivity contribution is 7.85. The van der Waals surface area contributed by atoms with Crippen LogP contribution in [-0.4, -0.2) is 49.8 Å². The van der Waals surface area contributed by atoms with E-state index in [1.165, 1.54) is 0 Å². The number of hydrogen-bond acceptors (Lipinski definition) is 6. The summed E-state index contributed by atoms with van der Waals surface area (Å²) < 4.78 is 12.7. The normalized spacial score (nSPS) is 30.3. The molecule has 4 atom stereocenters. The maximum Gasteiger partial charge on any atom is 0.131 e. The highest BCUT2D eigenvalue weighted by Gasteiger charge is 2.47. The molecule has 8 heteroatoms. The molecule has 6 rings (SSSR count). The molecule has 2 aromatic rings. The number of anilines is 2. The summed E-state index contributed by atoms with van der Waals surface area (Å²) in [6.07, 6.45) is 7.76. The molecule has 2 aliphatic heterocycles.